The zero-order valence-electron chi connectivity index (χ0n) is 10.1. The smallest absolute Gasteiger partial charge is 0.304 e. The monoisotopic (exact) mass is 303 g/mol. The Morgan fingerprint density at radius 1 is 1.42 bits per heavy atom. The lowest BCUT2D eigenvalue weighted by atomic mass is 10.4. The van der Waals surface area contributed by atoms with Crippen LogP contribution in [0, 0.1) is 0 Å². The van der Waals surface area contributed by atoms with Gasteiger partial charge in [0.25, 0.3) is 10.0 Å². The number of aromatic amines is 2. The first-order valence-corrected chi connectivity index (χ1v) is 7.72. The van der Waals surface area contributed by atoms with Gasteiger partial charge in [-0.15, -0.1) is 0 Å². The molecule has 0 unspecified atom stereocenters. The first-order chi connectivity index (χ1) is 9.03. The Morgan fingerprint density at radius 2 is 2.21 bits per heavy atom. The van der Waals surface area contributed by atoms with E-state index in [2.05, 4.69) is 25.2 Å². The summed E-state index contributed by atoms with van der Waals surface area (Å²) < 4.78 is 26.5. The fourth-order valence-electron chi connectivity index (χ4n) is 1.49. The number of H-pyrrole nitrogens is 2. The third-order valence-corrected chi connectivity index (χ3v) is 4.47. The van der Waals surface area contributed by atoms with E-state index in [1.807, 2.05) is 0 Å². The zero-order valence-corrected chi connectivity index (χ0v) is 11.7. The zero-order chi connectivity index (χ0) is 13.9. The van der Waals surface area contributed by atoms with Crippen LogP contribution in [0.2, 0.25) is 0 Å². The van der Waals surface area contributed by atoms with Crippen molar-refractivity contribution in [3.05, 3.63) is 32.5 Å². The quantitative estimate of drug-likeness (QED) is 0.566. The fourth-order valence-corrected chi connectivity index (χ4v) is 3.21. The van der Waals surface area contributed by atoms with Crippen LogP contribution in [0.4, 0.5) is 0 Å². The minimum absolute atomic E-state index is 0.0269. The summed E-state index contributed by atoms with van der Waals surface area (Å²) in [6.45, 7) is 0.418. The molecular weight excluding hydrogens is 290 g/mol. The van der Waals surface area contributed by atoms with E-state index in [9.17, 15) is 13.2 Å². The van der Waals surface area contributed by atoms with Gasteiger partial charge in [0.1, 0.15) is 0 Å². The number of nitrogens with one attached hydrogen (secondary N) is 4. The van der Waals surface area contributed by atoms with E-state index >= 15 is 0 Å². The second-order valence-corrected chi connectivity index (χ2v) is 6.30. The normalized spacial score (nSPS) is 11.8. The number of sulfonamides is 1. The van der Waals surface area contributed by atoms with Crippen LogP contribution < -0.4 is 14.9 Å². The first-order valence-electron chi connectivity index (χ1n) is 5.36. The topological polar surface area (TPSA) is 120 Å². The SMILES string of the molecule is CNCc1cn[nH]c1S(=O)(=O)NCc1csc(=O)[nH]1. The number of aromatic nitrogens is 3. The van der Waals surface area contributed by atoms with Gasteiger partial charge < -0.3 is 10.3 Å². The number of thiazole rings is 1. The average Bonchev–Trinajstić information content (AvgIpc) is 2.97. The molecule has 104 valence electrons. The summed E-state index contributed by atoms with van der Waals surface area (Å²) in [5.41, 5.74) is 1.07. The van der Waals surface area contributed by atoms with Crippen molar-refractivity contribution in [2.45, 2.75) is 18.1 Å². The Hall–Kier alpha value is -1.49. The maximum atomic E-state index is 12.1. The summed E-state index contributed by atoms with van der Waals surface area (Å²) in [6, 6.07) is 0. The lowest BCUT2D eigenvalue weighted by Crippen LogP contribution is -2.25. The summed E-state index contributed by atoms with van der Waals surface area (Å²) in [5.74, 6) is 0. The van der Waals surface area contributed by atoms with Crippen molar-refractivity contribution < 1.29 is 8.42 Å². The molecule has 4 N–H and O–H groups in total. The van der Waals surface area contributed by atoms with Crippen molar-refractivity contribution in [3.8, 4) is 0 Å². The second kappa shape index (κ2) is 5.65. The molecule has 0 aliphatic heterocycles. The molecule has 2 aromatic heterocycles. The summed E-state index contributed by atoms with van der Waals surface area (Å²) in [4.78, 5) is 13.3. The molecule has 0 aliphatic carbocycles. The molecule has 0 aromatic carbocycles. The van der Waals surface area contributed by atoms with E-state index in [0.29, 0.717) is 17.8 Å². The predicted molar refractivity (Wildman–Crippen MR) is 70.3 cm³/mol. The van der Waals surface area contributed by atoms with Gasteiger partial charge in [-0.05, 0) is 7.05 Å². The lowest BCUT2D eigenvalue weighted by molar-refractivity contribution is 0.574. The molecule has 2 rings (SSSR count). The Labute approximate surface area is 113 Å². The van der Waals surface area contributed by atoms with Crippen LogP contribution >= 0.6 is 11.3 Å². The lowest BCUT2D eigenvalue weighted by Gasteiger charge is -2.05. The second-order valence-electron chi connectivity index (χ2n) is 3.75. The molecule has 19 heavy (non-hydrogen) atoms. The third-order valence-electron chi connectivity index (χ3n) is 2.34. The molecule has 2 heterocycles. The molecule has 0 radical (unpaired) electrons. The molecule has 0 saturated heterocycles. The van der Waals surface area contributed by atoms with Crippen LogP contribution in [-0.2, 0) is 23.1 Å². The summed E-state index contributed by atoms with van der Waals surface area (Å²) >= 11 is 0.988. The van der Waals surface area contributed by atoms with Crippen LogP contribution in [0.5, 0.6) is 0 Å². The predicted octanol–water partition coefficient (Wildman–Crippen LogP) is -0.643. The van der Waals surface area contributed by atoms with Crippen molar-refractivity contribution in [2.24, 2.45) is 0 Å². The molecule has 0 bridgehead atoms. The Kier molecular flexibility index (Phi) is 4.14. The van der Waals surface area contributed by atoms with Gasteiger partial charge in [-0.1, -0.05) is 11.3 Å². The largest absolute Gasteiger partial charge is 0.316 e. The number of hydrogen-bond donors (Lipinski definition) is 4. The van der Waals surface area contributed by atoms with E-state index < -0.39 is 10.0 Å². The van der Waals surface area contributed by atoms with Gasteiger partial charge in [0.15, 0.2) is 5.03 Å². The van der Waals surface area contributed by atoms with Crippen molar-refractivity contribution in [1.29, 1.82) is 0 Å². The van der Waals surface area contributed by atoms with Gasteiger partial charge in [0.05, 0.1) is 12.7 Å². The number of nitrogens with zero attached hydrogens (tertiary/aromatic N) is 1. The van der Waals surface area contributed by atoms with Crippen molar-refractivity contribution in [2.75, 3.05) is 7.05 Å². The van der Waals surface area contributed by atoms with Crippen LogP contribution in [0.3, 0.4) is 0 Å². The third kappa shape index (κ3) is 3.29. The average molecular weight is 303 g/mol. The van der Waals surface area contributed by atoms with Gasteiger partial charge in [-0.25, -0.2) is 13.1 Å². The van der Waals surface area contributed by atoms with Crippen LogP contribution in [0.1, 0.15) is 11.3 Å². The van der Waals surface area contributed by atoms with Gasteiger partial charge in [0.2, 0.25) is 0 Å². The minimum atomic E-state index is -3.68. The summed E-state index contributed by atoms with van der Waals surface area (Å²) in [6.07, 6.45) is 1.46. The summed E-state index contributed by atoms with van der Waals surface area (Å²) in [7, 11) is -1.97. The Bertz CT molecular complexity index is 699. The number of rotatable bonds is 6. The highest BCUT2D eigenvalue weighted by atomic mass is 32.2. The highest BCUT2D eigenvalue weighted by Gasteiger charge is 2.20. The van der Waals surface area contributed by atoms with Gasteiger partial charge in [-0.3, -0.25) is 9.89 Å². The Morgan fingerprint density at radius 3 is 2.84 bits per heavy atom. The van der Waals surface area contributed by atoms with E-state index in [1.54, 1.807) is 12.4 Å². The first kappa shape index (κ1) is 13.9. The van der Waals surface area contributed by atoms with Gasteiger partial charge in [-0.2, -0.15) is 5.10 Å². The molecule has 0 atom stereocenters. The molecule has 2 aromatic rings. The molecular formula is C9H13N5O3S2. The van der Waals surface area contributed by atoms with Crippen molar-refractivity contribution in [1.82, 2.24) is 25.2 Å². The molecule has 0 aliphatic rings. The highest BCUT2D eigenvalue weighted by molar-refractivity contribution is 7.89. The van der Waals surface area contributed by atoms with Crippen molar-refractivity contribution in [3.63, 3.8) is 0 Å². The van der Waals surface area contributed by atoms with Crippen LogP contribution in [0.25, 0.3) is 0 Å². The van der Waals surface area contributed by atoms with Crippen LogP contribution in [-0.4, -0.2) is 30.6 Å². The van der Waals surface area contributed by atoms with Gasteiger partial charge >= 0.3 is 4.87 Å². The molecule has 8 nitrogen and oxygen atoms in total. The maximum absolute atomic E-state index is 12.1. The standard InChI is InChI=1S/C9H13N5O3S2/c1-10-2-6-3-11-14-8(6)19(16,17)12-4-7-5-18-9(15)13-7/h3,5,10,12H,2,4H2,1H3,(H,11,14)(H,13,15). The van der Waals surface area contributed by atoms with E-state index in [-0.39, 0.29) is 16.4 Å². The molecule has 10 heteroatoms. The minimum Gasteiger partial charge on any atom is -0.316 e. The molecule has 0 fully saturated rings. The summed E-state index contributed by atoms with van der Waals surface area (Å²) in [5, 5.41) is 10.7. The van der Waals surface area contributed by atoms with Crippen LogP contribution in [0.15, 0.2) is 21.4 Å². The molecule has 0 saturated carbocycles. The molecule has 0 spiro atoms. The van der Waals surface area contributed by atoms with Crippen molar-refractivity contribution >= 4 is 21.4 Å². The maximum Gasteiger partial charge on any atom is 0.304 e. The van der Waals surface area contributed by atoms with E-state index in [4.69, 9.17) is 0 Å². The number of hydrogen-bond acceptors (Lipinski definition) is 6. The van der Waals surface area contributed by atoms with E-state index in [1.165, 1.54) is 6.20 Å². The van der Waals surface area contributed by atoms with E-state index in [0.717, 1.165) is 11.3 Å². The fraction of sp³-hybridized carbons (Fsp3) is 0.333. The molecule has 0 amide bonds. The van der Waals surface area contributed by atoms with Gasteiger partial charge in [0, 0.05) is 23.2 Å². The highest BCUT2D eigenvalue weighted by Crippen LogP contribution is 2.11. The Balaban J connectivity index is 2.13.